The molecule has 50 heavy (non-hydrogen) atoms. The molecule has 0 aliphatic carbocycles. The normalized spacial score (nSPS) is 11.0. The van der Waals surface area contributed by atoms with Gasteiger partial charge in [-0.1, -0.05) is 129 Å². The van der Waals surface area contributed by atoms with E-state index in [4.69, 9.17) is 5.11 Å². The Kier molecular flexibility index (Phi) is 47.5. The fourth-order valence-electron chi connectivity index (χ4n) is 5.20. The third kappa shape index (κ3) is 43.3. The van der Waals surface area contributed by atoms with Crippen LogP contribution in [0.5, 0.6) is 0 Å². The van der Waals surface area contributed by atoms with Gasteiger partial charge in [0.05, 0.1) is 24.5 Å². The number of carboxylic acid groups (broad SMARTS) is 3. The van der Waals surface area contributed by atoms with Crippen molar-refractivity contribution < 1.29 is 98.4 Å². The molecule has 0 saturated carbocycles. The second-order valence-corrected chi connectivity index (χ2v) is 12.9. The molecule has 0 unspecified atom stereocenters. The van der Waals surface area contributed by atoms with Gasteiger partial charge >= 0.3 is 65.1 Å². The Morgan fingerprint density at radius 2 is 1.02 bits per heavy atom. The van der Waals surface area contributed by atoms with E-state index >= 15 is 0 Å². The molecule has 12 heteroatoms. The van der Waals surface area contributed by atoms with Crippen LogP contribution >= 0.6 is 0 Å². The molecule has 0 aliphatic heterocycles. The van der Waals surface area contributed by atoms with Crippen LogP contribution in [0.15, 0.2) is 12.2 Å². The molecule has 2 N–H and O–H groups in total. The molecular weight excluding hydrogens is 658 g/mol. The van der Waals surface area contributed by atoms with Crippen molar-refractivity contribution in [3.05, 3.63) is 12.2 Å². The van der Waals surface area contributed by atoms with E-state index in [0.717, 1.165) is 44.9 Å². The molecule has 0 aromatic carbocycles. The molecule has 280 valence electrons. The summed E-state index contributed by atoms with van der Waals surface area (Å²) < 4.78 is 0. The molecule has 0 spiro atoms. The van der Waals surface area contributed by atoms with E-state index in [1.165, 1.54) is 102 Å². The standard InChI is InChI=1S/C23H41NO5.C15H29NO3.2Na/c1-2-3-4-5-6-7-8-9-10-11-12-13-14-15-16-17-21(25)24-20(23(28)29)18-19-22(26)27;1-3-4-5-6-7-8-9-10-11-12-14(17)16(2)13-15(18)19;;/h9-10,20H,2-8,11-19H2,1H3,(H,24,25)(H,26,27)(H,28,29);3-13H2,1-2H3,(H,18,19);;/q;;2*+1/p-2/b10-9-;;;/t20-;;;/m0.../s1. The molecular formula is C38H68N2Na2O8. The predicted molar refractivity (Wildman–Crippen MR) is 188 cm³/mol. The van der Waals surface area contributed by atoms with Gasteiger partial charge < -0.3 is 35.1 Å². The van der Waals surface area contributed by atoms with Gasteiger partial charge in [0.25, 0.3) is 0 Å². The summed E-state index contributed by atoms with van der Waals surface area (Å²) in [5, 5.41) is 32.2. The molecule has 1 atom stereocenters. The number of hydrogen-bond donors (Lipinski definition) is 2. The van der Waals surface area contributed by atoms with Gasteiger partial charge in [0, 0.05) is 26.3 Å². The van der Waals surface area contributed by atoms with Crippen LogP contribution in [0.2, 0.25) is 0 Å². The number of rotatable bonds is 32. The van der Waals surface area contributed by atoms with Crippen molar-refractivity contribution in [3.8, 4) is 0 Å². The maximum atomic E-state index is 11.8. The summed E-state index contributed by atoms with van der Waals surface area (Å²) in [5.74, 6) is -4.20. The van der Waals surface area contributed by atoms with Gasteiger partial charge in [-0.3, -0.25) is 14.4 Å². The Balaban J connectivity index is -0.000000440. The van der Waals surface area contributed by atoms with Crippen molar-refractivity contribution in [3.63, 3.8) is 0 Å². The van der Waals surface area contributed by atoms with E-state index in [1.54, 1.807) is 0 Å². The van der Waals surface area contributed by atoms with Crippen molar-refractivity contribution in [2.24, 2.45) is 0 Å². The van der Waals surface area contributed by atoms with Gasteiger partial charge in [-0.25, -0.2) is 0 Å². The Bertz CT molecular complexity index is 874. The third-order valence-corrected chi connectivity index (χ3v) is 8.22. The second-order valence-electron chi connectivity index (χ2n) is 12.9. The van der Waals surface area contributed by atoms with Crippen LogP contribution in [0.25, 0.3) is 0 Å². The number of carbonyl (C=O) groups is 5. The molecule has 0 aromatic rings. The van der Waals surface area contributed by atoms with E-state index < -0.39 is 23.9 Å². The van der Waals surface area contributed by atoms with E-state index in [2.05, 4.69) is 31.3 Å². The Hall–Kier alpha value is -0.910. The number of likely N-dealkylation sites (N-methyl/N-ethyl adjacent to an activating group) is 1. The van der Waals surface area contributed by atoms with Gasteiger partial charge in [0.15, 0.2) is 0 Å². The Labute approximate surface area is 348 Å². The predicted octanol–water partition coefficient (Wildman–Crippen LogP) is 0.247. The van der Waals surface area contributed by atoms with Gasteiger partial charge in [0.1, 0.15) is 0 Å². The Morgan fingerprint density at radius 1 is 0.620 bits per heavy atom. The fraction of sp³-hybridized carbons (Fsp3) is 0.816. The number of aliphatic carboxylic acids is 3. The summed E-state index contributed by atoms with van der Waals surface area (Å²) in [6, 6.07) is -1.23. The largest absolute Gasteiger partial charge is 1.00 e. The zero-order chi connectivity index (χ0) is 36.3. The molecule has 0 aromatic heterocycles. The average Bonchev–Trinajstić information content (AvgIpc) is 3.03. The summed E-state index contributed by atoms with van der Waals surface area (Å²) in [6.45, 7) is 4.14. The second kappa shape index (κ2) is 42.5. The molecule has 0 fully saturated rings. The van der Waals surface area contributed by atoms with Crippen LogP contribution in [-0.4, -0.2) is 59.4 Å². The molecule has 0 radical (unpaired) electrons. The number of allylic oxidation sites excluding steroid dienone is 2. The number of carboxylic acids is 3. The van der Waals surface area contributed by atoms with Crippen LogP contribution in [0.3, 0.4) is 0 Å². The van der Waals surface area contributed by atoms with Crippen molar-refractivity contribution in [2.45, 2.75) is 187 Å². The average molecular weight is 727 g/mol. The minimum atomic E-state index is -1.44. The van der Waals surface area contributed by atoms with Crippen LogP contribution in [-0.2, 0) is 24.0 Å². The quantitative estimate of drug-likeness (QED) is 0.0566. The SMILES string of the molecule is CCCCCCCC/C=C\CCCCCCCC(=O)N[C@@H](CCC(=O)O)C(=O)[O-].CCCCCCCCCCCC(=O)N(C)CC(=O)[O-].[Na+].[Na+]. The van der Waals surface area contributed by atoms with Crippen molar-refractivity contribution in [1.29, 1.82) is 0 Å². The van der Waals surface area contributed by atoms with E-state index in [-0.39, 0.29) is 96.7 Å². The maximum absolute atomic E-state index is 11.8. The maximum Gasteiger partial charge on any atom is 1.00 e. The first-order valence-corrected chi connectivity index (χ1v) is 18.9. The van der Waals surface area contributed by atoms with Crippen molar-refractivity contribution >= 4 is 29.7 Å². The van der Waals surface area contributed by atoms with Gasteiger partial charge in [-0.05, 0) is 44.9 Å². The van der Waals surface area contributed by atoms with E-state index in [9.17, 15) is 34.2 Å². The first kappa shape index (κ1) is 55.8. The van der Waals surface area contributed by atoms with Crippen LogP contribution in [0, 0.1) is 0 Å². The minimum absolute atomic E-state index is 0. The smallest absolute Gasteiger partial charge is 0.548 e. The summed E-state index contributed by atoms with van der Waals surface area (Å²) in [4.78, 5) is 56.3. The van der Waals surface area contributed by atoms with E-state index in [0.29, 0.717) is 12.8 Å². The van der Waals surface area contributed by atoms with Crippen molar-refractivity contribution in [2.75, 3.05) is 13.6 Å². The number of amides is 2. The van der Waals surface area contributed by atoms with Crippen LogP contribution in [0.4, 0.5) is 0 Å². The first-order valence-electron chi connectivity index (χ1n) is 18.9. The van der Waals surface area contributed by atoms with Gasteiger partial charge in [-0.15, -0.1) is 0 Å². The summed E-state index contributed by atoms with van der Waals surface area (Å²) >= 11 is 0. The fourth-order valence-corrected chi connectivity index (χ4v) is 5.20. The van der Waals surface area contributed by atoms with Gasteiger partial charge in [0.2, 0.25) is 11.8 Å². The minimum Gasteiger partial charge on any atom is -0.548 e. The number of nitrogens with zero attached hydrogens (tertiary/aromatic N) is 1. The molecule has 0 aliphatic rings. The molecule has 10 nitrogen and oxygen atoms in total. The number of hydrogen-bond acceptors (Lipinski definition) is 7. The summed E-state index contributed by atoms with van der Waals surface area (Å²) in [5.41, 5.74) is 0. The number of nitrogens with one attached hydrogen (secondary N) is 1. The molecule has 0 saturated heterocycles. The summed E-state index contributed by atoms with van der Waals surface area (Å²) in [6.07, 6.45) is 30.9. The topological polar surface area (TPSA) is 167 Å². The van der Waals surface area contributed by atoms with Gasteiger partial charge in [-0.2, -0.15) is 0 Å². The zero-order valence-corrected chi connectivity index (χ0v) is 36.6. The molecule has 0 bridgehead atoms. The zero-order valence-electron chi connectivity index (χ0n) is 32.6. The van der Waals surface area contributed by atoms with Crippen molar-refractivity contribution in [1.82, 2.24) is 10.2 Å². The van der Waals surface area contributed by atoms with Crippen LogP contribution < -0.4 is 74.6 Å². The molecule has 0 rings (SSSR count). The summed E-state index contributed by atoms with van der Waals surface area (Å²) in [7, 11) is 1.51. The molecule has 2 amide bonds. The monoisotopic (exact) mass is 726 g/mol. The third-order valence-electron chi connectivity index (χ3n) is 8.22. The number of carbonyl (C=O) groups excluding carboxylic acids is 4. The van der Waals surface area contributed by atoms with Crippen LogP contribution in [0.1, 0.15) is 181 Å². The van der Waals surface area contributed by atoms with E-state index in [1.807, 2.05) is 0 Å². The number of unbranched alkanes of at least 4 members (excludes halogenated alkanes) is 19. The Morgan fingerprint density at radius 3 is 1.42 bits per heavy atom. The molecule has 0 heterocycles. The first-order chi connectivity index (χ1) is 23.0.